The van der Waals surface area contributed by atoms with Gasteiger partial charge in [0.05, 0.1) is 32.4 Å². The maximum Gasteiger partial charge on any atom is 0.290 e. The topological polar surface area (TPSA) is 85.3 Å². The van der Waals surface area contributed by atoms with Crippen LogP contribution in [-0.2, 0) is 9.59 Å². The summed E-state index contributed by atoms with van der Waals surface area (Å²) in [6.07, 6.45) is 0.246. The van der Waals surface area contributed by atoms with Crippen molar-refractivity contribution in [1.82, 2.24) is 4.90 Å². The van der Waals surface area contributed by atoms with Crippen molar-refractivity contribution in [1.29, 1.82) is 0 Å². The summed E-state index contributed by atoms with van der Waals surface area (Å²) >= 11 is 0. The SMILES string of the molecule is COc1ccc(OCCN2C(=O)C(O)=C(C(=O)CC(C)C)C2c2ccc(OC)cc2)cc1. The number of aliphatic hydroxyl groups is 1. The van der Waals surface area contributed by atoms with E-state index in [0.29, 0.717) is 17.2 Å². The molecule has 1 aliphatic rings. The van der Waals surface area contributed by atoms with E-state index in [9.17, 15) is 14.7 Å². The van der Waals surface area contributed by atoms with Gasteiger partial charge in [0.2, 0.25) is 0 Å². The van der Waals surface area contributed by atoms with Crippen molar-refractivity contribution in [2.75, 3.05) is 27.4 Å². The van der Waals surface area contributed by atoms with Gasteiger partial charge >= 0.3 is 0 Å². The van der Waals surface area contributed by atoms with Gasteiger partial charge in [-0.1, -0.05) is 26.0 Å². The number of carbonyl (C=O) groups is 2. The van der Waals surface area contributed by atoms with Gasteiger partial charge in [0.15, 0.2) is 11.5 Å². The molecule has 1 aliphatic heterocycles. The van der Waals surface area contributed by atoms with Crippen LogP contribution in [0.5, 0.6) is 17.2 Å². The van der Waals surface area contributed by atoms with Gasteiger partial charge in [-0.25, -0.2) is 0 Å². The third-order valence-electron chi connectivity index (χ3n) is 5.29. The molecular formula is C25H29NO6. The van der Waals surface area contributed by atoms with E-state index in [4.69, 9.17) is 14.2 Å². The number of Topliss-reactive ketones (excluding diaryl/α,β-unsaturated/α-hetero) is 1. The van der Waals surface area contributed by atoms with Crippen LogP contribution >= 0.6 is 0 Å². The number of nitrogens with zero attached hydrogens (tertiary/aromatic N) is 1. The highest BCUT2D eigenvalue weighted by Gasteiger charge is 2.43. The summed E-state index contributed by atoms with van der Waals surface area (Å²) in [5, 5.41) is 10.6. The first-order chi connectivity index (χ1) is 15.3. The minimum atomic E-state index is -0.681. The molecule has 2 aromatic carbocycles. The van der Waals surface area contributed by atoms with Crippen LogP contribution in [0.2, 0.25) is 0 Å². The van der Waals surface area contributed by atoms with Gasteiger partial charge in [0.25, 0.3) is 5.91 Å². The van der Waals surface area contributed by atoms with E-state index in [1.807, 2.05) is 13.8 Å². The molecule has 0 bridgehead atoms. The molecule has 32 heavy (non-hydrogen) atoms. The number of aliphatic hydroxyl groups excluding tert-OH is 1. The van der Waals surface area contributed by atoms with Crippen molar-refractivity contribution in [3.63, 3.8) is 0 Å². The van der Waals surface area contributed by atoms with Crippen molar-refractivity contribution >= 4 is 11.7 Å². The van der Waals surface area contributed by atoms with Crippen LogP contribution < -0.4 is 14.2 Å². The Morgan fingerprint density at radius 2 is 1.50 bits per heavy atom. The standard InChI is InChI=1S/C25H29NO6/c1-16(2)15-21(27)22-23(17-5-7-18(30-3)8-6-17)26(25(29)24(22)28)13-14-32-20-11-9-19(31-4)10-12-20/h5-12,16,23,28H,13-15H2,1-4H3. The van der Waals surface area contributed by atoms with Crippen molar-refractivity contribution in [3.05, 3.63) is 65.4 Å². The molecule has 7 nitrogen and oxygen atoms in total. The Morgan fingerprint density at radius 1 is 0.969 bits per heavy atom. The summed E-state index contributed by atoms with van der Waals surface area (Å²) in [4.78, 5) is 27.3. The molecule has 1 atom stereocenters. The first-order valence-electron chi connectivity index (χ1n) is 10.5. The van der Waals surface area contributed by atoms with Crippen molar-refractivity contribution in [3.8, 4) is 17.2 Å². The zero-order chi connectivity index (χ0) is 23.3. The molecule has 170 valence electrons. The first kappa shape index (κ1) is 23.2. The maximum absolute atomic E-state index is 13.0. The average molecular weight is 440 g/mol. The van der Waals surface area contributed by atoms with E-state index in [1.54, 1.807) is 62.8 Å². The molecule has 0 aromatic heterocycles. The lowest BCUT2D eigenvalue weighted by atomic mass is 9.92. The molecule has 7 heteroatoms. The quantitative estimate of drug-likeness (QED) is 0.600. The molecule has 1 unspecified atom stereocenters. The zero-order valence-electron chi connectivity index (χ0n) is 18.8. The van der Waals surface area contributed by atoms with Crippen LogP contribution in [0.25, 0.3) is 0 Å². The molecular weight excluding hydrogens is 410 g/mol. The second-order valence-corrected chi connectivity index (χ2v) is 7.98. The molecule has 0 radical (unpaired) electrons. The van der Waals surface area contributed by atoms with Gasteiger partial charge in [-0.05, 0) is 47.9 Å². The molecule has 0 fully saturated rings. The molecule has 1 amide bonds. The zero-order valence-corrected chi connectivity index (χ0v) is 18.8. The Balaban J connectivity index is 1.83. The lowest BCUT2D eigenvalue weighted by molar-refractivity contribution is -0.129. The van der Waals surface area contributed by atoms with Crippen molar-refractivity contribution < 1.29 is 28.9 Å². The summed E-state index contributed by atoms with van der Waals surface area (Å²) in [6, 6.07) is 13.6. The second-order valence-electron chi connectivity index (χ2n) is 7.98. The van der Waals surface area contributed by atoms with Crippen LogP contribution in [0, 0.1) is 5.92 Å². The van der Waals surface area contributed by atoms with Crippen LogP contribution in [0.1, 0.15) is 31.9 Å². The molecule has 0 saturated carbocycles. The average Bonchev–Trinajstić information content (AvgIpc) is 3.04. The number of hydrogen-bond acceptors (Lipinski definition) is 6. The lowest BCUT2D eigenvalue weighted by Gasteiger charge is -2.27. The second kappa shape index (κ2) is 10.2. The number of amides is 1. The molecule has 1 N–H and O–H groups in total. The molecule has 0 saturated heterocycles. The van der Waals surface area contributed by atoms with Gasteiger partial charge in [-0.3, -0.25) is 9.59 Å². The highest BCUT2D eigenvalue weighted by Crippen LogP contribution is 2.39. The molecule has 3 rings (SSSR count). The predicted octanol–water partition coefficient (Wildman–Crippen LogP) is 4.09. The molecule has 2 aromatic rings. The summed E-state index contributed by atoms with van der Waals surface area (Å²) in [7, 11) is 3.16. The Bertz CT molecular complexity index is 978. The normalized spacial score (nSPS) is 16.0. The number of methoxy groups -OCH3 is 2. The van der Waals surface area contributed by atoms with E-state index in [1.165, 1.54) is 4.90 Å². The lowest BCUT2D eigenvalue weighted by Crippen LogP contribution is -2.34. The van der Waals surface area contributed by atoms with Crippen LogP contribution in [0.15, 0.2) is 59.9 Å². The number of benzene rings is 2. The maximum atomic E-state index is 13.0. The smallest absolute Gasteiger partial charge is 0.290 e. The Labute approximate surface area is 188 Å². The number of ether oxygens (including phenoxy) is 3. The molecule has 1 heterocycles. The number of carbonyl (C=O) groups excluding carboxylic acids is 2. The molecule has 0 spiro atoms. The van der Waals surface area contributed by atoms with E-state index < -0.39 is 17.7 Å². The van der Waals surface area contributed by atoms with Crippen molar-refractivity contribution in [2.24, 2.45) is 5.92 Å². The van der Waals surface area contributed by atoms with Gasteiger partial charge in [-0.15, -0.1) is 0 Å². The van der Waals surface area contributed by atoms with Crippen molar-refractivity contribution in [2.45, 2.75) is 26.3 Å². The molecule has 0 aliphatic carbocycles. The number of rotatable bonds is 10. The Hall–Kier alpha value is -3.48. The summed E-state index contributed by atoms with van der Waals surface area (Å²) in [5.41, 5.74) is 0.859. The summed E-state index contributed by atoms with van der Waals surface area (Å²) < 4.78 is 16.1. The van der Waals surface area contributed by atoms with E-state index in [-0.39, 0.29) is 36.8 Å². The highest BCUT2D eigenvalue weighted by atomic mass is 16.5. The fourth-order valence-electron chi connectivity index (χ4n) is 3.72. The van der Waals surface area contributed by atoms with Crippen LogP contribution in [-0.4, -0.2) is 49.1 Å². The minimum absolute atomic E-state index is 0.0990. The van der Waals surface area contributed by atoms with Gasteiger partial charge in [-0.2, -0.15) is 0 Å². The highest BCUT2D eigenvalue weighted by molar-refractivity contribution is 6.09. The van der Waals surface area contributed by atoms with Gasteiger partial charge < -0.3 is 24.2 Å². The number of ketones is 1. The largest absolute Gasteiger partial charge is 0.503 e. The van der Waals surface area contributed by atoms with Gasteiger partial charge in [0.1, 0.15) is 23.9 Å². The third kappa shape index (κ3) is 5.04. The van der Waals surface area contributed by atoms with E-state index in [2.05, 4.69) is 0 Å². The number of hydrogen-bond donors (Lipinski definition) is 1. The summed E-state index contributed by atoms with van der Waals surface area (Å²) in [6.45, 7) is 4.25. The van der Waals surface area contributed by atoms with E-state index in [0.717, 1.165) is 5.56 Å². The fraction of sp³-hybridized carbons (Fsp3) is 0.360. The van der Waals surface area contributed by atoms with Crippen LogP contribution in [0.3, 0.4) is 0 Å². The van der Waals surface area contributed by atoms with E-state index >= 15 is 0 Å². The Kier molecular flexibility index (Phi) is 7.41. The third-order valence-corrected chi connectivity index (χ3v) is 5.29. The monoisotopic (exact) mass is 439 g/mol. The fourth-order valence-corrected chi connectivity index (χ4v) is 3.72. The minimum Gasteiger partial charge on any atom is -0.503 e. The van der Waals surface area contributed by atoms with Crippen LogP contribution in [0.4, 0.5) is 0 Å². The summed E-state index contributed by atoms with van der Waals surface area (Å²) in [5.74, 6) is 0.820. The predicted molar refractivity (Wildman–Crippen MR) is 120 cm³/mol. The Morgan fingerprint density at radius 3 is 2.03 bits per heavy atom. The first-order valence-corrected chi connectivity index (χ1v) is 10.5. The van der Waals surface area contributed by atoms with Gasteiger partial charge in [0, 0.05) is 6.42 Å².